The molecular formula is C23H25F3N4. The van der Waals surface area contributed by atoms with Crippen molar-refractivity contribution in [3.63, 3.8) is 0 Å². The fourth-order valence-corrected chi connectivity index (χ4v) is 4.16. The average Bonchev–Trinajstić information content (AvgIpc) is 3.46. The molecule has 2 heterocycles. The van der Waals surface area contributed by atoms with Crippen molar-refractivity contribution in [1.82, 2.24) is 14.9 Å². The first-order chi connectivity index (χ1) is 14.3. The Morgan fingerprint density at radius 3 is 2.70 bits per heavy atom. The average molecular weight is 414 g/mol. The highest BCUT2D eigenvalue weighted by Gasteiger charge is 2.47. The van der Waals surface area contributed by atoms with Gasteiger partial charge in [-0.05, 0) is 32.3 Å². The predicted octanol–water partition coefficient (Wildman–Crippen LogP) is 4.15. The number of hydrogen-bond donors (Lipinski definition) is 1. The van der Waals surface area contributed by atoms with E-state index in [4.69, 9.17) is 0 Å². The third kappa shape index (κ3) is 3.68. The van der Waals surface area contributed by atoms with Crippen LogP contribution in [-0.2, 0) is 6.54 Å². The molecule has 158 valence electrons. The number of rotatable bonds is 7. The van der Waals surface area contributed by atoms with Crippen molar-refractivity contribution in [2.24, 2.45) is 0 Å². The van der Waals surface area contributed by atoms with E-state index >= 15 is 0 Å². The normalized spacial score (nSPS) is 16.7. The molecule has 4 nitrogen and oxygen atoms in total. The van der Waals surface area contributed by atoms with Gasteiger partial charge in [-0.2, -0.15) is 0 Å². The maximum atomic E-state index is 14.4. The third-order valence-electron chi connectivity index (χ3n) is 5.80. The van der Waals surface area contributed by atoms with Crippen LogP contribution in [0, 0.1) is 12.7 Å². The molecule has 1 aliphatic heterocycles. The highest BCUT2D eigenvalue weighted by atomic mass is 19.3. The van der Waals surface area contributed by atoms with Crippen LogP contribution in [0.4, 0.5) is 19.0 Å². The molecule has 0 amide bonds. The molecule has 1 aromatic carbocycles. The smallest absolute Gasteiger partial charge is 0.266 e. The second-order valence-corrected chi connectivity index (χ2v) is 8.00. The molecule has 1 N–H and O–H groups in total. The number of nitrogens with one attached hydrogen (secondary N) is 1. The van der Waals surface area contributed by atoms with E-state index < -0.39 is 17.8 Å². The molecule has 4 rings (SSSR count). The summed E-state index contributed by atoms with van der Waals surface area (Å²) in [7, 11) is 0. The first-order valence-electron chi connectivity index (χ1n) is 10.2. The van der Waals surface area contributed by atoms with Crippen molar-refractivity contribution in [2.75, 3.05) is 5.32 Å². The second-order valence-electron chi connectivity index (χ2n) is 8.00. The van der Waals surface area contributed by atoms with E-state index in [0.717, 1.165) is 48.0 Å². The minimum absolute atomic E-state index is 0.0458. The zero-order valence-corrected chi connectivity index (χ0v) is 17.2. The molecule has 0 saturated heterocycles. The van der Waals surface area contributed by atoms with E-state index in [1.54, 1.807) is 6.92 Å². The number of nitrogens with zero attached hydrogens (tertiary/aromatic N) is 3. The van der Waals surface area contributed by atoms with Gasteiger partial charge in [0.25, 0.3) is 6.43 Å². The van der Waals surface area contributed by atoms with Gasteiger partial charge in [0.2, 0.25) is 0 Å². The molecule has 2 aromatic rings. The summed E-state index contributed by atoms with van der Waals surface area (Å²) < 4.78 is 40.4. The SMILES string of the molecule is C=C1C=c2nc(C)nc(NCc3cccc(C(F)F)c3F)c2=CN1C1(CCC)CC1. The monoisotopic (exact) mass is 414 g/mol. The van der Waals surface area contributed by atoms with Crippen molar-refractivity contribution in [1.29, 1.82) is 0 Å². The summed E-state index contributed by atoms with van der Waals surface area (Å²) in [5, 5.41) is 4.69. The predicted molar refractivity (Wildman–Crippen MR) is 111 cm³/mol. The number of fused-ring (bicyclic) bond motifs is 1. The highest BCUT2D eigenvalue weighted by molar-refractivity contribution is 5.58. The van der Waals surface area contributed by atoms with Gasteiger partial charge in [0.15, 0.2) is 0 Å². The van der Waals surface area contributed by atoms with Crippen LogP contribution in [0.3, 0.4) is 0 Å². The highest BCUT2D eigenvalue weighted by Crippen LogP contribution is 2.47. The summed E-state index contributed by atoms with van der Waals surface area (Å²) in [6, 6.07) is 4.05. The lowest BCUT2D eigenvalue weighted by Crippen LogP contribution is -2.43. The van der Waals surface area contributed by atoms with E-state index in [0.29, 0.717) is 11.6 Å². The van der Waals surface area contributed by atoms with Gasteiger partial charge in [-0.25, -0.2) is 23.1 Å². The largest absolute Gasteiger partial charge is 0.365 e. The molecule has 7 heteroatoms. The van der Waals surface area contributed by atoms with Gasteiger partial charge < -0.3 is 10.2 Å². The molecule has 1 fully saturated rings. The van der Waals surface area contributed by atoms with Crippen LogP contribution < -0.4 is 15.9 Å². The molecule has 1 aromatic heterocycles. The van der Waals surface area contributed by atoms with Crippen LogP contribution in [-0.4, -0.2) is 20.4 Å². The van der Waals surface area contributed by atoms with E-state index in [1.165, 1.54) is 12.1 Å². The Morgan fingerprint density at radius 1 is 1.27 bits per heavy atom. The topological polar surface area (TPSA) is 41.1 Å². The summed E-state index contributed by atoms with van der Waals surface area (Å²) in [4.78, 5) is 11.2. The maximum Gasteiger partial charge on any atom is 0.266 e. The molecule has 1 saturated carbocycles. The maximum absolute atomic E-state index is 14.4. The van der Waals surface area contributed by atoms with Gasteiger partial charge in [0.05, 0.1) is 16.1 Å². The Labute approximate surface area is 173 Å². The number of allylic oxidation sites excluding steroid dienone is 1. The third-order valence-corrected chi connectivity index (χ3v) is 5.80. The fraction of sp³-hybridized carbons (Fsp3) is 0.391. The summed E-state index contributed by atoms with van der Waals surface area (Å²) in [6.07, 6.45) is 5.50. The molecule has 0 atom stereocenters. The number of hydrogen-bond acceptors (Lipinski definition) is 4. The standard InChI is InChI=1S/C23H25F3N4/c1-4-8-23(9-10-23)30-13-18-19(11-14(30)2)28-15(3)29-22(18)27-12-16-6-5-7-17(20(16)24)21(25)26/h5-7,11,13,21H,2,4,8-10,12H2,1,3H3,(H,27,28,29). The Balaban J connectivity index is 1.69. The number of alkyl halides is 2. The summed E-state index contributed by atoms with van der Waals surface area (Å²) in [6.45, 7) is 8.21. The summed E-state index contributed by atoms with van der Waals surface area (Å²) in [5.41, 5.74) is 0.573. The van der Waals surface area contributed by atoms with Crippen LogP contribution in [0.5, 0.6) is 0 Å². The minimum Gasteiger partial charge on any atom is -0.365 e. The van der Waals surface area contributed by atoms with Gasteiger partial charge in [-0.3, -0.25) is 0 Å². The van der Waals surface area contributed by atoms with E-state index in [9.17, 15) is 13.2 Å². The first-order valence-corrected chi connectivity index (χ1v) is 10.2. The van der Waals surface area contributed by atoms with Crippen LogP contribution in [0.15, 0.2) is 30.5 Å². The number of halogens is 3. The van der Waals surface area contributed by atoms with Crippen LogP contribution in [0.25, 0.3) is 12.3 Å². The lowest BCUT2D eigenvalue weighted by molar-refractivity contribution is 0.146. The summed E-state index contributed by atoms with van der Waals surface area (Å²) >= 11 is 0. The Kier molecular flexibility index (Phi) is 5.30. The van der Waals surface area contributed by atoms with Gasteiger partial charge >= 0.3 is 0 Å². The lowest BCUT2D eigenvalue weighted by atomic mass is 10.1. The molecule has 0 unspecified atom stereocenters. The van der Waals surface area contributed by atoms with Gasteiger partial charge in [-0.1, -0.05) is 38.1 Å². The minimum atomic E-state index is -2.85. The van der Waals surface area contributed by atoms with E-state index in [-0.39, 0.29) is 17.6 Å². The number of benzene rings is 1. The number of aryl methyl sites for hydroxylation is 1. The van der Waals surface area contributed by atoms with Crippen molar-refractivity contribution in [3.8, 4) is 0 Å². The fourth-order valence-electron chi connectivity index (χ4n) is 4.16. The van der Waals surface area contributed by atoms with Crippen molar-refractivity contribution in [2.45, 2.75) is 58.0 Å². The Morgan fingerprint density at radius 2 is 2.03 bits per heavy atom. The Bertz CT molecular complexity index is 1110. The molecule has 1 aliphatic carbocycles. The van der Waals surface area contributed by atoms with Gasteiger partial charge in [0.1, 0.15) is 17.5 Å². The number of anilines is 1. The van der Waals surface area contributed by atoms with Crippen LogP contribution in [0.1, 0.15) is 56.0 Å². The number of aromatic nitrogens is 2. The van der Waals surface area contributed by atoms with Crippen molar-refractivity contribution >= 4 is 18.1 Å². The summed E-state index contributed by atoms with van der Waals surface area (Å²) in [5.74, 6) is 0.240. The van der Waals surface area contributed by atoms with Crippen LogP contribution >= 0.6 is 0 Å². The van der Waals surface area contributed by atoms with E-state index in [1.807, 2.05) is 12.3 Å². The molecular weight excluding hydrogens is 389 g/mol. The Hall–Kier alpha value is -2.83. The molecule has 0 radical (unpaired) electrons. The van der Waals surface area contributed by atoms with Crippen LogP contribution in [0.2, 0.25) is 0 Å². The molecule has 30 heavy (non-hydrogen) atoms. The van der Waals surface area contributed by atoms with Crippen molar-refractivity contribution in [3.05, 3.63) is 63.8 Å². The zero-order valence-electron chi connectivity index (χ0n) is 17.2. The molecule has 2 aliphatic rings. The first kappa shape index (κ1) is 20.4. The zero-order chi connectivity index (χ0) is 21.5. The quantitative estimate of drug-likeness (QED) is 0.739. The van der Waals surface area contributed by atoms with Gasteiger partial charge in [-0.15, -0.1) is 0 Å². The van der Waals surface area contributed by atoms with Crippen molar-refractivity contribution < 1.29 is 13.2 Å². The molecule has 0 bridgehead atoms. The lowest BCUT2D eigenvalue weighted by Gasteiger charge is -2.33. The van der Waals surface area contributed by atoms with Gasteiger partial charge in [0, 0.05) is 29.5 Å². The van der Waals surface area contributed by atoms with E-state index in [2.05, 4.69) is 33.7 Å². The molecule has 0 spiro atoms. The second kappa shape index (κ2) is 7.78.